The molecule has 2 N–H and O–H groups in total. The second-order valence-corrected chi connectivity index (χ2v) is 9.03. The molecule has 1 fully saturated rings. The van der Waals surface area contributed by atoms with Crippen molar-refractivity contribution in [2.45, 2.75) is 30.3 Å². The Morgan fingerprint density at radius 1 is 1.41 bits per heavy atom. The number of thiophene rings is 1. The zero-order chi connectivity index (χ0) is 19.4. The minimum absolute atomic E-state index is 0.0707. The summed E-state index contributed by atoms with van der Waals surface area (Å²) in [5.74, 6) is -0.399. The molecule has 2 amide bonds. The molecule has 3 rings (SSSR count). The summed E-state index contributed by atoms with van der Waals surface area (Å²) in [5.41, 5.74) is 0.791. The molecule has 0 aromatic carbocycles. The highest BCUT2D eigenvalue weighted by molar-refractivity contribution is 7.89. The molecule has 0 saturated carbocycles. The zero-order valence-electron chi connectivity index (χ0n) is 14.7. The Morgan fingerprint density at radius 2 is 2.15 bits per heavy atom. The number of carbonyl (C=O) groups excluding carboxylic acids is 2. The van der Waals surface area contributed by atoms with Gasteiger partial charge in [0.1, 0.15) is 0 Å². The normalized spacial score (nSPS) is 17.1. The number of hydrogen-bond donors (Lipinski definition) is 2. The van der Waals surface area contributed by atoms with Crippen LogP contribution in [0.4, 0.5) is 0 Å². The first-order valence-electron chi connectivity index (χ1n) is 8.39. The number of pyridine rings is 1. The van der Waals surface area contributed by atoms with Gasteiger partial charge in [0.15, 0.2) is 0 Å². The van der Waals surface area contributed by atoms with E-state index in [2.05, 4.69) is 15.6 Å². The standard InChI is InChI=1S/C17H20N4O4S2/c1-18-17(23)15-8-14(11-26-15)27(24,25)21(9-12-4-6-19-7-5-12)10-13-2-3-16(22)20-13/h4-8,11,13H,2-3,9-10H2,1H3,(H,18,23)(H,20,22)/t13-/m0/s1. The molecule has 0 bridgehead atoms. The van der Waals surface area contributed by atoms with E-state index in [0.29, 0.717) is 17.7 Å². The van der Waals surface area contributed by atoms with Gasteiger partial charge in [0.25, 0.3) is 5.91 Å². The molecule has 0 unspecified atom stereocenters. The van der Waals surface area contributed by atoms with Crippen LogP contribution in [0.3, 0.4) is 0 Å². The van der Waals surface area contributed by atoms with E-state index in [9.17, 15) is 18.0 Å². The fourth-order valence-corrected chi connectivity index (χ4v) is 5.53. The molecule has 27 heavy (non-hydrogen) atoms. The Balaban J connectivity index is 1.88. The van der Waals surface area contributed by atoms with Gasteiger partial charge in [-0.1, -0.05) is 0 Å². The average Bonchev–Trinajstić information content (AvgIpc) is 3.31. The van der Waals surface area contributed by atoms with Gasteiger partial charge in [0.05, 0.1) is 9.77 Å². The maximum Gasteiger partial charge on any atom is 0.261 e. The highest BCUT2D eigenvalue weighted by atomic mass is 32.2. The first kappa shape index (κ1) is 19.5. The molecule has 0 aliphatic carbocycles. The number of amides is 2. The fraction of sp³-hybridized carbons (Fsp3) is 0.353. The van der Waals surface area contributed by atoms with Crippen LogP contribution in [0.5, 0.6) is 0 Å². The Bertz CT molecular complexity index is 927. The van der Waals surface area contributed by atoms with Crippen LogP contribution in [0.2, 0.25) is 0 Å². The molecule has 2 aromatic heterocycles. The van der Waals surface area contributed by atoms with Crippen LogP contribution in [0.25, 0.3) is 0 Å². The lowest BCUT2D eigenvalue weighted by molar-refractivity contribution is -0.119. The minimum atomic E-state index is -3.83. The van der Waals surface area contributed by atoms with Crippen LogP contribution in [0.15, 0.2) is 40.9 Å². The summed E-state index contributed by atoms with van der Waals surface area (Å²) in [5, 5.41) is 6.76. The SMILES string of the molecule is CNC(=O)c1cc(S(=O)(=O)N(Cc2ccncc2)C[C@@H]2CCC(=O)N2)cs1. The van der Waals surface area contributed by atoms with Gasteiger partial charge >= 0.3 is 0 Å². The summed E-state index contributed by atoms with van der Waals surface area (Å²) < 4.78 is 27.7. The summed E-state index contributed by atoms with van der Waals surface area (Å²) in [7, 11) is -2.34. The summed E-state index contributed by atoms with van der Waals surface area (Å²) >= 11 is 1.08. The lowest BCUT2D eigenvalue weighted by atomic mass is 10.2. The fourth-order valence-electron chi connectivity index (χ4n) is 2.84. The van der Waals surface area contributed by atoms with Crippen LogP contribution in [0.1, 0.15) is 28.1 Å². The van der Waals surface area contributed by atoms with Crippen LogP contribution in [-0.4, -0.2) is 49.2 Å². The average molecular weight is 409 g/mol. The third kappa shape index (κ3) is 4.52. The van der Waals surface area contributed by atoms with Crippen molar-refractivity contribution in [2.75, 3.05) is 13.6 Å². The van der Waals surface area contributed by atoms with Gasteiger partial charge < -0.3 is 10.6 Å². The lowest BCUT2D eigenvalue weighted by Gasteiger charge is -2.24. The third-order valence-corrected chi connectivity index (χ3v) is 7.15. The molecule has 144 valence electrons. The van der Waals surface area contributed by atoms with E-state index in [1.165, 1.54) is 22.8 Å². The highest BCUT2D eigenvalue weighted by Gasteiger charge is 2.31. The maximum atomic E-state index is 13.2. The number of hydrogen-bond acceptors (Lipinski definition) is 6. The molecule has 0 spiro atoms. The molecule has 8 nitrogen and oxygen atoms in total. The van der Waals surface area contributed by atoms with Crippen molar-refractivity contribution in [3.63, 3.8) is 0 Å². The van der Waals surface area contributed by atoms with Crippen molar-refractivity contribution in [1.82, 2.24) is 19.9 Å². The maximum absolute atomic E-state index is 13.2. The van der Waals surface area contributed by atoms with E-state index >= 15 is 0 Å². The summed E-state index contributed by atoms with van der Waals surface area (Å²) in [6, 6.07) is 4.65. The molecule has 1 aliphatic heterocycles. The molecule has 1 saturated heterocycles. The van der Waals surface area contributed by atoms with Gasteiger partial charge in [-0.25, -0.2) is 8.42 Å². The van der Waals surface area contributed by atoms with Gasteiger partial charge in [-0.3, -0.25) is 14.6 Å². The lowest BCUT2D eigenvalue weighted by Crippen LogP contribution is -2.41. The van der Waals surface area contributed by atoms with Crippen molar-refractivity contribution < 1.29 is 18.0 Å². The molecule has 1 atom stereocenters. The van der Waals surface area contributed by atoms with Gasteiger partial charge in [-0.05, 0) is 30.2 Å². The molecule has 3 heterocycles. The Kier molecular flexibility index (Phi) is 5.88. The van der Waals surface area contributed by atoms with Gasteiger partial charge in [0, 0.05) is 50.4 Å². The minimum Gasteiger partial charge on any atom is -0.354 e. The van der Waals surface area contributed by atoms with Crippen LogP contribution in [-0.2, 0) is 21.4 Å². The topological polar surface area (TPSA) is 108 Å². The number of nitrogens with one attached hydrogen (secondary N) is 2. The van der Waals surface area contributed by atoms with Crippen LogP contribution in [0, 0.1) is 0 Å². The zero-order valence-corrected chi connectivity index (χ0v) is 16.3. The van der Waals surface area contributed by atoms with Crippen molar-refractivity contribution in [3.8, 4) is 0 Å². The predicted octanol–water partition coefficient (Wildman–Crippen LogP) is 0.972. The Labute approximate surface area is 161 Å². The number of rotatable bonds is 7. The van der Waals surface area contributed by atoms with Gasteiger partial charge in [-0.2, -0.15) is 4.31 Å². The molecular weight excluding hydrogens is 388 g/mol. The molecule has 2 aromatic rings. The number of aromatic nitrogens is 1. The molecular formula is C17H20N4O4S2. The first-order valence-corrected chi connectivity index (χ1v) is 10.7. The predicted molar refractivity (Wildman–Crippen MR) is 101 cm³/mol. The highest BCUT2D eigenvalue weighted by Crippen LogP contribution is 2.25. The summed E-state index contributed by atoms with van der Waals surface area (Å²) in [6.07, 6.45) is 4.19. The molecule has 10 heteroatoms. The molecule has 1 aliphatic rings. The van der Waals surface area contributed by atoms with Crippen molar-refractivity contribution in [3.05, 3.63) is 46.4 Å². The molecule has 0 radical (unpaired) electrons. The quantitative estimate of drug-likeness (QED) is 0.710. The monoisotopic (exact) mass is 408 g/mol. The second kappa shape index (κ2) is 8.15. The van der Waals surface area contributed by atoms with E-state index < -0.39 is 10.0 Å². The second-order valence-electron chi connectivity index (χ2n) is 6.18. The van der Waals surface area contributed by atoms with Crippen molar-refractivity contribution in [1.29, 1.82) is 0 Å². The largest absolute Gasteiger partial charge is 0.354 e. The Morgan fingerprint density at radius 3 is 2.78 bits per heavy atom. The van der Waals surface area contributed by atoms with E-state index in [4.69, 9.17) is 0 Å². The van der Waals surface area contributed by atoms with Crippen LogP contribution < -0.4 is 10.6 Å². The summed E-state index contributed by atoms with van der Waals surface area (Å²) in [6.45, 7) is 0.323. The smallest absolute Gasteiger partial charge is 0.261 e. The first-order chi connectivity index (χ1) is 12.9. The van der Waals surface area contributed by atoms with Crippen molar-refractivity contribution >= 4 is 33.2 Å². The van der Waals surface area contributed by atoms with Crippen LogP contribution >= 0.6 is 11.3 Å². The van der Waals surface area contributed by atoms with E-state index in [-0.39, 0.29) is 35.8 Å². The number of carbonyl (C=O) groups is 2. The van der Waals surface area contributed by atoms with E-state index in [0.717, 1.165) is 16.9 Å². The van der Waals surface area contributed by atoms with Gasteiger partial charge in [-0.15, -0.1) is 11.3 Å². The number of nitrogens with zero attached hydrogens (tertiary/aromatic N) is 2. The van der Waals surface area contributed by atoms with E-state index in [1.807, 2.05) is 0 Å². The third-order valence-electron chi connectivity index (χ3n) is 4.28. The van der Waals surface area contributed by atoms with Gasteiger partial charge in [0.2, 0.25) is 15.9 Å². The number of sulfonamides is 1. The Hall–Kier alpha value is -2.30. The van der Waals surface area contributed by atoms with Crippen molar-refractivity contribution in [2.24, 2.45) is 0 Å². The summed E-state index contributed by atoms with van der Waals surface area (Å²) in [4.78, 5) is 27.6. The van der Waals surface area contributed by atoms with E-state index in [1.54, 1.807) is 24.5 Å².